The second-order valence-corrected chi connectivity index (χ2v) is 8.26. The second-order valence-electron chi connectivity index (χ2n) is 8.26. The standard InChI is InChI=1S/C21H23NO2/c1-24-20(23)17-9-19(22-18-5-3-2-4-16(17)18)21-10-13-6-14(11-21)8-15(7-13)12-21/h2-5,9,13-15H,6-8,10-12H2,1H3. The van der Waals surface area contributed by atoms with Crippen LogP contribution in [-0.4, -0.2) is 18.1 Å². The highest BCUT2D eigenvalue weighted by atomic mass is 16.5. The quantitative estimate of drug-likeness (QED) is 0.765. The van der Waals surface area contributed by atoms with Crippen LogP contribution in [0.3, 0.4) is 0 Å². The van der Waals surface area contributed by atoms with Gasteiger partial charge in [-0.15, -0.1) is 0 Å². The van der Waals surface area contributed by atoms with Gasteiger partial charge in [0.1, 0.15) is 0 Å². The molecule has 0 atom stereocenters. The van der Waals surface area contributed by atoms with Crippen LogP contribution < -0.4 is 0 Å². The molecule has 4 saturated carbocycles. The van der Waals surface area contributed by atoms with Gasteiger partial charge in [0, 0.05) is 16.5 Å². The number of ether oxygens (including phenoxy) is 1. The number of carbonyl (C=O) groups is 1. The first-order valence-corrected chi connectivity index (χ1v) is 9.15. The fourth-order valence-corrected chi connectivity index (χ4v) is 6.15. The lowest BCUT2D eigenvalue weighted by Crippen LogP contribution is -2.49. The van der Waals surface area contributed by atoms with Crippen LogP contribution in [0.2, 0.25) is 0 Å². The van der Waals surface area contributed by atoms with Crippen LogP contribution in [-0.2, 0) is 10.2 Å². The number of esters is 1. The summed E-state index contributed by atoms with van der Waals surface area (Å²) < 4.78 is 5.05. The lowest BCUT2D eigenvalue weighted by Gasteiger charge is -2.56. The third-order valence-corrected chi connectivity index (χ3v) is 6.70. The third-order valence-electron chi connectivity index (χ3n) is 6.70. The maximum Gasteiger partial charge on any atom is 0.338 e. The number of carbonyl (C=O) groups excluding carboxylic acids is 1. The highest BCUT2D eigenvalue weighted by Gasteiger charge is 2.52. The molecule has 3 nitrogen and oxygen atoms in total. The highest BCUT2D eigenvalue weighted by molar-refractivity contribution is 6.03. The first kappa shape index (κ1) is 14.4. The average molecular weight is 321 g/mol. The maximum atomic E-state index is 12.4. The smallest absolute Gasteiger partial charge is 0.338 e. The molecule has 0 aliphatic heterocycles. The van der Waals surface area contributed by atoms with Crippen molar-refractivity contribution in [1.29, 1.82) is 0 Å². The van der Waals surface area contributed by atoms with Crippen molar-refractivity contribution in [3.8, 4) is 0 Å². The molecule has 4 fully saturated rings. The van der Waals surface area contributed by atoms with Crippen molar-refractivity contribution in [3.63, 3.8) is 0 Å². The molecule has 0 amide bonds. The molecule has 1 aromatic heterocycles. The van der Waals surface area contributed by atoms with Crippen molar-refractivity contribution >= 4 is 16.9 Å². The third kappa shape index (κ3) is 2.03. The van der Waals surface area contributed by atoms with E-state index in [1.165, 1.54) is 45.6 Å². The van der Waals surface area contributed by atoms with Crippen LogP contribution in [0.15, 0.2) is 30.3 Å². The van der Waals surface area contributed by atoms with E-state index in [4.69, 9.17) is 9.72 Å². The van der Waals surface area contributed by atoms with Gasteiger partial charge in [0.25, 0.3) is 0 Å². The summed E-state index contributed by atoms with van der Waals surface area (Å²) in [6.45, 7) is 0. The first-order valence-electron chi connectivity index (χ1n) is 9.15. The van der Waals surface area contributed by atoms with Crippen LogP contribution in [0.5, 0.6) is 0 Å². The van der Waals surface area contributed by atoms with Gasteiger partial charge in [-0.1, -0.05) is 18.2 Å². The number of hydrogen-bond acceptors (Lipinski definition) is 3. The molecule has 0 unspecified atom stereocenters. The van der Waals surface area contributed by atoms with Gasteiger partial charge >= 0.3 is 5.97 Å². The monoisotopic (exact) mass is 321 g/mol. The molecule has 124 valence electrons. The molecule has 0 radical (unpaired) electrons. The van der Waals surface area contributed by atoms with Crippen LogP contribution >= 0.6 is 0 Å². The Hall–Kier alpha value is -1.90. The van der Waals surface area contributed by atoms with E-state index in [9.17, 15) is 4.79 Å². The van der Waals surface area contributed by atoms with E-state index >= 15 is 0 Å². The number of methoxy groups -OCH3 is 1. The van der Waals surface area contributed by atoms with Crippen molar-refractivity contribution in [1.82, 2.24) is 4.98 Å². The molecule has 1 heterocycles. The highest BCUT2D eigenvalue weighted by Crippen LogP contribution is 2.60. The lowest BCUT2D eigenvalue weighted by molar-refractivity contribution is -0.00709. The van der Waals surface area contributed by atoms with Crippen molar-refractivity contribution in [2.24, 2.45) is 17.8 Å². The number of nitrogens with zero attached hydrogens (tertiary/aromatic N) is 1. The molecule has 0 N–H and O–H groups in total. The number of aromatic nitrogens is 1. The summed E-state index contributed by atoms with van der Waals surface area (Å²) in [4.78, 5) is 17.4. The zero-order chi connectivity index (χ0) is 16.3. The molecule has 4 aliphatic rings. The van der Waals surface area contributed by atoms with E-state index in [2.05, 4.69) is 0 Å². The van der Waals surface area contributed by atoms with E-state index in [-0.39, 0.29) is 11.4 Å². The van der Waals surface area contributed by atoms with Gasteiger partial charge < -0.3 is 4.74 Å². The Labute approximate surface area is 142 Å². The number of benzene rings is 1. The Morgan fingerprint density at radius 2 is 1.71 bits per heavy atom. The Kier molecular flexibility index (Phi) is 3.04. The largest absolute Gasteiger partial charge is 0.465 e. The molecule has 1 aromatic carbocycles. The predicted molar refractivity (Wildman–Crippen MR) is 92.9 cm³/mol. The molecule has 4 aliphatic carbocycles. The molecule has 3 heteroatoms. The van der Waals surface area contributed by atoms with Gasteiger partial charge in [0.05, 0.1) is 18.2 Å². The number of pyridine rings is 1. The molecule has 6 rings (SSSR count). The Balaban J connectivity index is 1.69. The SMILES string of the molecule is COC(=O)c1cc(C23CC4CC(CC(C4)C2)C3)nc2ccccc12. The first-order chi connectivity index (χ1) is 11.7. The predicted octanol–water partition coefficient (Wildman–Crippen LogP) is 4.49. The van der Waals surface area contributed by atoms with Crippen molar-refractivity contribution in [2.75, 3.05) is 7.11 Å². The van der Waals surface area contributed by atoms with Gasteiger partial charge in [-0.3, -0.25) is 4.98 Å². The minimum absolute atomic E-state index is 0.196. The summed E-state index contributed by atoms with van der Waals surface area (Å²) in [5.74, 6) is 2.35. The molecular weight excluding hydrogens is 298 g/mol. The normalized spacial score (nSPS) is 33.8. The van der Waals surface area contributed by atoms with E-state index in [1.54, 1.807) is 0 Å². The van der Waals surface area contributed by atoms with Gasteiger partial charge in [-0.05, 0) is 68.4 Å². The van der Waals surface area contributed by atoms with Gasteiger partial charge in [0.15, 0.2) is 0 Å². The van der Waals surface area contributed by atoms with E-state index in [0.29, 0.717) is 5.56 Å². The van der Waals surface area contributed by atoms with Gasteiger partial charge in [-0.2, -0.15) is 0 Å². The second kappa shape index (κ2) is 5.05. The molecule has 4 bridgehead atoms. The fraction of sp³-hybridized carbons (Fsp3) is 0.524. The summed E-state index contributed by atoms with van der Waals surface area (Å²) in [6, 6.07) is 9.99. The molecule has 2 aromatic rings. The molecule has 0 spiro atoms. The minimum atomic E-state index is -0.250. The fourth-order valence-electron chi connectivity index (χ4n) is 6.15. The van der Waals surface area contributed by atoms with Crippen LogP contribution in [0.1, 0.15) is 54.6 Å². The average Bonchev–Trinajstić information content (AvgIpc) is 2.59. The summed E-state index contributed by atoms with van der Waals surface area (Å²) in [5, 5.41) is 0.901. The van der Waals surface area contributed by atoms with Crippen LogP contribution in [0.4, 0.5) is 0 Å². The zero-order valence-corrected chi connectivity index (χ0v) is 14.1. The van der Waals surface area contributed by atoms with Crippen molar-refractivity contribution < 1.29 is 9.53 Å². The summed E-state index contributed by atoms with van der Waals surface area (Å²) in [6.07, 6.45) is 8.00. The van der Waals surface area contributed by atoms with Crippen molar-refractivity contribution in [2.45, 2.75) is 43.9 Å². The zero-order valence-electron chi connectivity index (χ0n) is 14.1. The Morgan fingerprint density at radius 3 is 2.33 bits per heavy atom. The van der Waals surface area contributed by atoms with Gasteiger partial charge in [0.2, 0.25) is 0 Å². The van der Waals surface area contributed by atoms with Crippen LogP contribution in [0, 0.1) is 17.8 Å². The minimum Gasteiger partial charge on any atom is -0.465 e. The number of fused-ring (bicyclic) bond motifs is 1. The number of para-hydroxylation sites is 1. The Morgan fingerprint density at radius 1 is 1.08 bits per heavy atom. The number of hydrogen-bond donors (Lipinski definition) is 0. The molecular formula is C21H23NO2. The van der Waals surface area contributed by atoms with Crippen LogP contribution in [0.25, 0.3) is 10.9 Å². The van der Waals surface area contributed by atoms with Crippen molar-refractivity contribution in [3.05, 3.63) is 41.6 Å². The van der Waals surface area contributed by atoms with E-state index in [0.717, 1.165) is 34.4 Å². The topological polar surface area (TPSA) is 39.2 Å². The lowest BCUT2D eigenvalue weighted by atomic mass is 9.48. The van der Waals surface area contributed by atoms with Gasteiger partial charge in [-0.25, -0.2) is 4.79 Å². The molecule has 24 heavy (non-hydrogen) atoms. The Bertz CT molecular complexity index is 790. The summed E-state index contributed by atoms with van der Waals surface area (Å²) in [5.41, 5.74) is 2.93. The summed E-state index contributed by atoms with van der Waals surface area (Å²) in [7, 11) is 1.46. The van der Waals surface area contributed by atoms with E-state index < -0.39 is 0 Å². The number of rotatable bonds is 2. The summed E-state index contributed by atoms with van der Waals surface area (Å²) >= 11 is 0. The molecule has 0 saturated heterocycles. The maximum absolute atomic E-state index is 12.4. The van der Waals surface area contributed by atoms with E-state index in [1.807, 2.05) is 30.3 Å².